The topological polar surface area (TPSA) is 52.0 Å². The lowest BCUT2D eigenvalue weighted by Crippen LogP contribution is -2.29. The molecule has 0 spiro atoms. The van der Waals surface area contributed by atoms with Gasteiger partial charge in [-0.05, 0) is 24.7 Å². The van der Waals surface area contributed by atoms with Crippen LogP contribution >= 0.6 is 0 Å². The lowest BCUT2D eigenvalue weighted by atomic mass is 10.00. The van der Waals surface area contributed by atoms with Gasteiger partial charge in [0.25, 0.3) is 0 Å². The average Bonchev–Trinajstić information content (AvgIpc) is 2.98. The van der Waals surface area contributed by atoms with Gasteiger partial charge in [-0.1, -0.05) is 20.8 Å². The molecule has 19 heavy (non-hydrogen) atoms. The average molecular weight is 266 g/mol. The summed E-state index contributed by atoms with van der Waals surface area (Å²) in [6.45, 7) is 10.2. The summed E-state index contributed by atoms with van der Waals surface area (Å²) in [4.78, 5) is 4.33. The first-order valence-corrected chi connectivity index (χ1v) is 7.39. The van der Waals surface area contributed by atoms with E-state index >= 15 is 0 Å². The number of nitrogens with one attached hydrogen (secondary N) is 1. The summed E-state index contributed by atoms with van der Waals surface area (Å²) in [6.07, 6.45) is 4.36. The zero-order valence-electron chi connectivity index (χ0n) is 12.3. The highest BCUT2D eigenvalue weighted by Crippen LogP contribution is 2.22. The van der Waals surface area contributed by atoms with Crippen molar-refractivity contribution in [2.45, 2.75) is 52.8 Å². The number of nitrogens with zero attached hydrogens (tertiary/aromatic N) is 3. The van der Waals surface area contributed by atoms with Gasteiger partial charge in [0, 0.05) is 19.7 Å². The molecule has 0 aromatic carbocycles. The predicted molar refractivity (Wildman–Crippen MR) is 74.7 cm³/mol. The molecule has 2 rings (SSSR count). The van der Waals surface area contributed by atoms with E-state index in [1.807, 2.05) is 4.68 Å². The van der Waals surface area contributed by atoms with Crippen LogP contribution in [0.5, 0.6) is 0 Å². The molecule has 1 aromatic heterocycles. The minimum Gasteiger partial charge on any atom is -0.378 e. The van der Waals surface area contributed by atoms with E-state index in [0.717, 1.165) is 38.5 Å². The van der Waals surface area contributed by atoms with Crippen LogP contribution in [0, 0.1) is 11.8 Å². The Bertz CT molecular complexity index is 377. The fraction of sp³-hybridized carbons (Fsp3) is 0.857. The molecule has 0 saturated carbocycles. The van der Waals surface area contributed by atoms with Crippen molar-refractivity contribution in [3.63, 3.8) is 0 Å². The number of aromatic nitrogens is 3. The third-order valence-corrected chi connectivity index (χ3v) is 3.67. The summed E-state index contributed by atoms with van der Waals surface area (Å²) in [5.74, 6) is 2.26. The summed E-state index contributed by atoms with van der Waals surface area (Å²) < 4.78 is 7.71. The van der Waals surface area contributed by atoms with Gasteiger partial charge in [0.05, 0.1) is 12.6 Å². The second kappa shape index (κ2) is 7.01. The molecule has 1 N–H and O–H groups in total. The number of hydrogen-bond acceptors (Lipinski definition) is 4. The maximum absolute atomic E-state index is 5.71. The maximum Gasteiger partial charge on any atom is 0.140 e. The number of rotatable bonds is 7. The van der Waals surface area contributed by atoms with E-state index < -0.39 is 0 Å². The Morgan fingerprint density at radius 3 is 3.11 bits per heavy atom. The van der Waals surface area contributed by atoms with Gasteiger partial charge in [-0.25, -0.2) is 9.67 Å². The standard InChI is InChI=1S/C14H26N4O/c1-4-13-12(5-6-19-13)7-15-8-14-16-10-17-18(14)9-11(2)3/h10-13,15H,4-9H2,1-3H3. The molecular formula is C14H26N4O. The first kappa shape index (κ1) is 14.5. The molecule has 108 valence electrons. The van der Waals surface area contributed by atoms with E-state index in [1.165, 1.54) is 6.42 Å². The van der Waals surface area contributed by atoms with Gasteiger partial charge in [-0.15, -0.1) is 0 Å². The largest absolute Gasteiger partial charge is 0.378 e. The summed E-state index contributed by atoms with van der Waals surface area (Å²) >= 11 is 0. The van der Waals surface area contributed by atoms with E-state index in [1.54, 1.807) is 6.33 Å². The van der Waals surface area contributed by atoms with Crippen molar-refractivity contribution in [2.24, 2.45) is 11.8 Å². The van der Waals surface area contributed by atoms with Crippen LogP contribution in [0.4, 0.5) is 0 Å². The van der Waals surface area contributed by atoms with Crippen LogP contribution in [0.15, 0.2) is 6.33 Å². The van der Waals surface area contributed by atoms with E-state index in [-0.39, 0.29) is 0 Å². The van der Waals surface area contributed by atoms with Crippen LogP contribution in [-0.2, 0) is 17.8 Å². The molecular weight excluding hydrogens is 240 g/mol. The second-order valence-corrected chi connectivity index (χ2v) is 5.75. The van der Waals surface area contributed by atoms with Crippen LogP contribution in [0.2, 0.25) is 0 Å². The molecule has 2 unspecified atom stereocenters. The van der Waals surface area contributed by atoms with E-state index in [2.05, 4.69) is 36.2 Å². The normalized spacial score (nSPS) is 23.4. The molecule has 5 heteroatoms. The molecule has 0 bridgehead atoms. The minimum atomic E-state index is 0.432. The van der Waals surface area contributed by atoms with Crippen LogP contribution in [0.3, 0.4) is 0 Å². The van der Waals surface area contributed by atoms with E-state index in [4.69, 9.17) is 4.74 Å². The Morgan fingerprint density at radius 2 is 2.37 bits per heavy atom. The molecule has 0 amide bonds. The van der Waals surface area contributed by atoms with Crippen LogP contribution < -0.4 is 5.32 Å². The molecule has 1 aliphatic heterocycles. The lowest BCUT2D eigenvalue weighted by Gasteiger charge is -2.17. The van der Waals surface area contributed by atoms with E-state index in [9.17, 15) is 0 Å². The van der Waals surface area contributed by atoms with Gasteiger partial charge in [0.15, 0.2) is 0 Å². The van der Waals surface area contributed by atoms with Crippen molar-refractivity contribution in [3.05, 3.63) is 12.2 Å². The molecule has 1 aliphatic rings. The van der Waals surface area contributed by atoms with Gasteiger partial charge in [-0.3, -0.25) is 0 Å². The molecule has 1 fully saturated rings. The third kappa shape index (κ3) is 4.01. The van der Waals surface area contributed by atoms with Crippen molar-refractivity contribution in [3.8, 4) is 0 Å². The Balaban J connectivity index is 1.78. The molecule has 1 aromatic rings. The number of ether oxygens (including phenoxy) is 1. The second-order valence-electron chi connectivity index (χ2n) is 5.75. The SMILES string of the molecule is CCC1OCCC1CNCc1ncnn1CC(C)C. The molecule has 2 atom stereocenters. The lowest BCUT2D eigenvalue weighted by molar-refractivity contribution is 0.0871. The summed E-state index contributed by atoms with van der Waals surface area (Å²) in [7, 11) is 0. The van der Waals surface area contributed by atoms with Gasteiger partial charge in [0.1, 0.15) is 12.2 Å². The highest BCUT2D eigenvalue weighted by molar-refractivity contribution is 4.85. The summed E-state index contributed by atoms with van der Waals surface area (Å²) in [6, 6.07) is 0. The van der Waals surface area contributed by atoms with Crippen molar-refractivity contribution >= 4 is 0 Å². The first-order valence-electron chi connectivity index (χ1n) is 7.39. The monoisotopic (exact) mass is 266 g/mol. The van der Waals surface area contributed by atoms with Crippen LogP contribution in [0.25, 0.3) is 0 Å². The molecule has 0 radical (unpaired) electrons. The molecule has 2 heterocycles. The third-order valence-electron chi connectivity index (χ3n) is 3.67. The Hall–Kier alpha value is -0.940. The fourth-order valence-corrected chi connectivity index (χ4v) is 2.67. The maximum atomic E-state index is 5.71. The molecule has 0 aliphatic carbocycles. The first-order chi connectivity index (χ1) is 9.20. The van der Waals surface area contributed by atoms with Gasteiger partial charge in [-0.2, -0.15) is 5.10 Å². The van der Waals surface area contributed by atoms with E-state index in [0.29, 0.717) is 17.9 Å². The van der Waals surface area contributed by atoms with Crippen LogP contribution in [0.1, 0.15) is 39.4 Å². The summed E-state index contributed by atoms with van der Waals surface area (Å²) in [5.41, 5.74) is 0. The molecule has 1 saturated heterocycles. The predicted octanol–water partition coefficient (Wildman–Crippen LogP) is 1.84. The summed E-state index contributed by atoms with van der Waals surface area (Å²) in [5, 5.41) is 7.78. The Kier molecular flexibility index (Phi) is 5.34. The molecule has 5 nitrogen and oxygen atoms in total. The van der Waals surface area contributed by atoms with Crippen molar-refractivity contribution < 1.29 is 4.74 Å². The zero-order valence-corrected chi connectivity index (χ0v) is 12.3. The zero-order chi connectivity index (χ0) is 13.7. The Labute approximate surface area is 115 Å². The van der Waals surface area contributed by atoms with Gasteiger partial charge >= 0.3 is 0 Å². The number of hydrogen-bond donors (Lipinski definition) is 1. The van der Waals surface area contributed by atoms with Gasteiger partial charge < -0.3 is 10.1 Å². The quantitative estimate of drug-likeness (QED) is 0.818. The Morgan fingerprint density at radius 1 is 1.53 bits per heavy atom. The smallest absolute Gasteiger partial charge is 0.140 e. The highest BCUT2D eigenvalue weighted by atomic mass is 16.5. The van der Waals surface area contributed by atoms with Crippen molar-refractivity contribution in [1.29, 1.82) is 0 Å². The van der Waals surface area contributed by atoms with Crippen molar-refractivity contribution in [2.75, 3.05) is 13.2 Å². The fourth-order valence-electron chi connectivity index (χ4n) is 2.67. The highest BCUT2D eigenvalue weighted by Gasteiger charge is 2.26. The van der Waals surface area contributed by atoms with Gasteiger partial charge in [0.2, 0.25) is 0 Å². The van der Waals surface area contributed by atoms with Crippen LogP contribution in [-0.4, -0.2) is 34.0 Å². The minimum absolute atomic E-state index is 0.432. The van der Waals surface area contributed by atoms with Crippen molar-refractivity contribution in [1.82, 2.24) is 20.1 Å².